The number of rotatable bonds is 4. The van der Waals surface area contributed by atoms with Crippen molar-refractivity contribution >= 4 is 5.69 Å². The van der Waals surface area contributed by atoms with E-state index in [1.807, 2.05) is 7.05 Å². The highest BCUT2D eigenvalue weighted by Crippen LogP contribution is 2.28. The minimum atomic E-state index is 0.727. The van der Waals surface area contributed by atoms with Crippen molar-refractivity contribution in [3.05, 3.63) is 29.8 Å². The van der Waals surface area contributed by atoms with Crippen LogP contribution in [0.15, 0.2) is 24.3 Å². The summed E-state index contributed by atoms with van der Waals surface area (Å²) in [5.41, 5.74) is 2.88. The Balaban J connectivity index is 2.26. The predicted octanol–water partition coefficient (Wildman–Crippen LogP) is 3.57. The smallest absolute Gasteiger partial charge is 0.0414 e. The first-order valence-electron chi connectivity index (χ1n) is 7.36. The van der Waals surface area contributed by atoms with Gasteiger partial charge in [-0.3, -0.25) is 0 Å². The molecule has 0 bridgehead atoms. The molecule has 1 aliphatic rings. The normalized spacial score (nSPS) is 20.8. The molecule has 1 atom stereocenters. The van der Waals surface area contributed by atoms with Gasteiger partial charge in [-0.1, -0.05) is 38.0 Å². The van der Waals surface area contributed by atoms with Crippen LogP contribution in [0.1, 0.15) is 44.6 Å². The molecule has 0 amide bonds. The van der Waals surface area contributed by atoms with E-state index in [0.29, 0.717) is 0 Å². The molecule has 1 aromatic rings. The summed E-state index contributed by atoms with van der Waals surface area (Å²) in [5, 5.41) is 3.29. The van der Waals surface area contributed by atoms with Crippen molar-refractivity contribution in [2.75, 3.05) is 18.5 Å². The number of anilines is 1. The van der Waals surface area contributed by atoms with E-state index in [0.717, 1.165) is 12.6 Å². The molecule has 1 aliphatic heterocycles. The van der Waals surface area contributed by atoms with Gasteiger partial charge in [0.1, 0.15) is 0 Å². The van der Waals surface area contributed by atoms with Crippen molar-refractivity contribution in [2.45, 2.75) is 51.6 Å². The number of nitrogens with one attached hydrogen (secondary N) is 1. The van der Waals surface area contributed by atoms with Crippen LogP contribution < -0.4 is 10.2 Å². The molecular weight excluding hydrogens is 220 g/mol. The van der Waals surface area contributed by atoms with Gasteiger partial charge in [-0.15, -0.1) is 0 Å². The molecule has 2 nitrogen and oxygen atoms in total. The summed E-state index contributed by atoms with van der Waals surface area (Å²) in [4.78, 5) is 2.65. The standard InChI is InChI=1S/C16H26N2/c1-3-15-10-5-4-8-12-18(15)16-11-7-6-9-14(16)13-17-2/h6-7,9,11,15,17H,3-5,8,10,12-13H2,1-2H3. The summed E-state index contributed by atoms with van der Waals surface area (Å²) >= 11 is 0. The van der Waals surface area contributed by atoms with E-state index in [9.17, 15) is 0 Å². The summed E-state index contributed by atoms with van der Waals surface area (Å²) in [6, 6.07) is 9.59. The molecule has 1 unspecified atom stereocenters. The maximum atomic E-state index is 3.29. The Bertz CT molecular complexity index is 362. The number of benzene rings is 1. The number of nitrogens with zero attached hydrogens (tertiary/aromatic N) is 1. The molecule has 1 saturated heterocycles. The Morgan fingerprint density at radius 1 is 1.22 bits per heavy atom. The zero-order valence-corrected chi connectivity index (χ0v) is 11.8. The largest absolute Gasteiger partial charge is 0.368 e. The van der Waals surface area contributed by atoms with E-state index >= 15 is 0 Å². The zero-order chi connectivity index (χ0) is 12.8. The van der Waals surface area contributed by atoms with Crippen LogP contribution in [-0.4, -0.2) is 19.6 Å². The maximum Gasteiger partial charge on any atom is 0.0414 e. The Hall–Kier alpha value is -1.02. The van der Waals surface area contributed by atoms with Gasteiger partial charge in [-0.2, -0.15) is 0 Å². The highest BCUT2D eigenvalue weighted by Gasteiger charge is 2.21. The summed E-state index contributed by atoms with van der Waals surface area (Å²) in [7, 11) is 2.02. The van der Waals surface area contributed by atoms with E-state index in [4.69, 9.17) is 0 Å². The lowest BCUT2D eigenvalue weighted by Crippen LogP contribution is -2.35. The van der Waals surface area contributed by atoms with Crippen molar-refractivity contribution < 1.29 is 0 Å². The number of hydrogen-bond donors (Lipinski definition) is 1. The summed E-state index contributed by atoms with van der Waals surface area (Å²) in [6.07, 6.45) is 6.73. The molecule has 2 heteroatoms. The third-order valence-electron chi connectivity index (χ3n) is 4.02. The average molecular weight is 246 g/mol. The zero-order valence-electron chi connectivity index (χ0n) is 11.8. The van der Waals surface area contributed by atoms with E-state index in [1.165, 1.54) is 49.9 Å². The van der Waals surface area contributed by atoms with Crippen molar-refractivity contribution in [2.24, 2.45) is 0 Å². The second-order valence-corrected chi connectivity index (χ2v) is 5.26. The first kappa shape index (κ1) is 13.4. The number of hydrogen-bond acceptors (Lipinski definition) is 2. The van der Waals surface area contributed by atoms with Gasteiger partial charge in [0.05, 0.1) is 0 Å². The highest BCUT2D eigenvalue weighted by molar-refractivity contribution is 5.54. The lowest BCUT2D eigenvalue weighted by molar-refractivity contribution is 0.554. The average Bonchev–Trinajstić information content (AvgIpc) is 2.65. The summed E-state index contributed by atoms with van der Waals surface area (Å²) in [6.45, 7) is 4.51. The van der Waals surface area contributed by atoms with Crippen LogP contribution in [0.5, 0.6) is 0 Å². The number of para-hydroxylation sites is 1. The van der Waals surface area contributed by atoms with Crippen LogP contribution in [0.25, 0.3) is 0 Å². The fourth-order valence-electron chi connectivity index (χ4n) is 3.05. The van der Waals surface area contributed by atoms with Gasteiger partial charge in [0, 0.05) is 24.8 Å². The molecular formula is C16H26N2. The quantitative estimate of drug-likeness (QED) is 0.874. The Morgan fingerprint density at radius 3 is 2.83 bits per heavy atom. The van der Waals surface area contributed by atoms with E-state index in [2.05, 4.69) is 41.4 Å². The van der Waals surface area contributed by atoms with Crippen LogP contribution >= 0.6 is 0 Å². The van der Waals surface area contributed by atoms with Gasteiger partial charge >= 0.3 is 0 Å². The van der Waals surface area contributed by atoms with Gasteiger partial charge in [0.2, 0.25) is 0 Å². The molecule has 1 heterocycles. The van der Waals surface area contributed by atoms with Crippen LogP contribution in [-0.2, 0) is 6.54 Å². The van der Waals surface area contributed by atoms with Gasteiger partial charge < -0.3 is 10.2 Å². The third-order valence-corrected chi connectivity index (χ3v) is 4.02. The minimum absolute atomic E-state index is 0.727. The first-order valence-corrected chi connectivity index (χ1v) is 7.36. The van der Waals surface area contributed by atoms with Crippen LogP contribution in [0.3, 0.4) is 0 Å². The van der Waals surface area contributed by atoms with Crippen molar-refractivity contribution in [1.29, 1.82) is 0 Å². The van der Waals surface area contributed by atoms with Crippen LogP contribution in [0.4, 0.5) is 5.69 Å². The minimum Gasteiger partial charge on any atom is -0.368 e. The lowest BCUT2D eigenvalue weighted by atomic mass is 10.1. The van der Waals surface area contributed by atoms with Crippen molar-refractivity contribution in [3.8, 4) is 0 Å². The molecule has 0 saturated carbocycles. The van der Waals surface area contributed by atoms with Gasteiger partial charge in [0.15, 0.2) is 0 Å². The molecule has 0 aromatic heterocycles. The van der Waals surface area contributed by atoms with Gasteiger partial charge in [-0.05, 0) is 37.9 Å². The third kappa shape index (κ3) is 3.05. The molecule has 0 radical (unpaired) electrons. The van der Waals surface area contributed by atoms with Gasteiger partial charge in [-0.25, -0.2) is 0 Å². The van der Waals surface area contributed by atoms with Crippen molar-refractivity contribution in [1.82, 2.24) is 5.32 Å². The maximum absolute atomic E-state index is 3.29. The van der Waals surface area contributed by atoms with Crippen LogP contribution in [0.2, 0.25) is 0 Å². The Labute approximate surface area is 111 Å². The first-order chi connectivity index (χ1) is 8.86. The Morgan fingerprint density at radius 2 is 2.06 bits per heavy atom. The fraction of sp³-hybridized carbons (Fsp3) is 0.625. The molecule has 0 spiro atoms. The SMILES string of the molecule is CCC1CCCCCN1c1ccccc1CNC. The predicted molar refractivity (Wildman–Crippen MR) is 79.1 cm³/mol. The van der Waals surface area contributed by atoms with E-state index in [1.54, 1.807) is 0 Å². The Kier molecular flexibility index (Phi) is 5.06. The molecule has 100 valence electrons. The summed E-state index contributed by atoms with van der Waals surface area (Å²) < 4.78 is 0. The van der Waals surface area contributed by atoms with Crippen LogP contribution in [0, 0.1) is 0 Å². The molecule has 18 heavy (non-hydrogen) atoms. The molecule has 1 aromatic carbocycles. The summed E-state index contributed by atoms with van der Waals surface area (Å²) in [5.74, 6) is 0. The second-order valence-electron chi connectivity index (χ2n) is 5.26. The van der Waals surface area contributed by atoms with E-state index < -0.39 is 0 Å². The monoisotopic (exact) mass is 246 g/mol. The molecule has 1 N–H and O–H groups in total. The van der Waals surface area contributed by atoms with E-state index in [-0.39, 0.29) is 0 Å². The topological polar surface area (TPSA) is 15.3 Å². The highest BCUT2D eigenvalue weighted by atomic mass is 15.2. The lowest BCUT2D eigenvalue weighted by Gasteiger charge is -2.33. The molecule has 1 fully saturated rings. The van der Waals surface area contributed by atoms with Crippen molar-refractivity contribution in [3.63, 3.8) is 0 Å². The molecule has 2 rings (SSSR count). The fourth-order valence-corrected chi connectivity index (χ4v) is 3.05. The molecule has 0 aliphatic carbocycles. The van der Waals surface area contributed by atoms with Gasteiger partial charge in [0.25, 0.3) is 0 Å². The second kappa shape index (κ2) is 6.79.